The predicted molar refractivity (Wildman–Crippen MR) is 75.1 cm³/mol. The van der Waals surface area contributed by atoms with Crippen molar-refractivity contribution in [3.63, 3.8) is 0 Å². The molecule has 0 bridgehead atoms. The summed E-state index contributed by atoms with van der Waals surface area (Å²) < 4.78 is 12.1. The Hall–Kier alpha value is -1.52. The molecule has 0 unspecified atom stereocenters. The van der Waals surface area contributed by atoms with Crippen LogP contribution in [-0.2, 0) is 6.54 Å². The van der Waals surface area contributed by atoms with Crippen LogP contribution in [-0.4, -0.2) is 7.11 Å². The summed E-state index contributed by atoms with van der Waals surface area (Å²) in [5.41, 5.74) is 6.65. The normalized spacial score (nSPS) is 10.2. The van der Waals surface area contributed by atoms with Gasteiger partial charge in [0.15, 0.2) is 11.5 Å². The van der Waals surface area contributed by atoms with Crippen LogP contribution in [0.15, 0.2) is 46.9 Å². The molecule has 4 heteroatoms. The summed E-state index contributed by atoms with van der Waals surface area (Å²) in [5, 5.41) is 0. The summed E-state index contributed by atoms with van der Waals surface area (Å²) in [7, 11) is 1.62. The fraction of sp³-hybridized carbons (Fsp3) is 0.143. The largest absolute Gasteiger partial charge is 0.493 e. The number of rotatable bonds is 4. The second-order valence-electron chi connectivity index (χ2n) is 3.71. The lowest BCUT2D eigenvalue weighted by Crippen LogP contribution is -2.00. The number of hydrogen-bond acceptors (Lipinski definition) is 3. The van der Waals surface area contributed by atoms with Crippen molar-refractivity contribution < 1.29 is 9.47 Å². The van der Waals surface area contributed by atoms with Crippen molar-refractivity contribution in [1.82, 2.24) is 0 Å². The number of nitrogens with two attached hydrogens (primary N) is 1. The number of halogens is 1. The monoisotopic (exact) mass is 307 g/mol. The van der Waals surface area contributed by atoms with E-state index in [1.807, 2.05) is 42.5 Å². The van der Waals surface area contributed by atoms with E-state index in [1.54, 1.807) is 7.11 Å². The van der Waals surface area contributed by atoms with E-state index in [4.69, 9.17) is 15.2 Å². The summed E-state index contributed by atoms with van der Waals surface area (Å²) in [5.74, 6) is 2.10. The Bertz CT molecular complexity index is 543. The highest BCUT2D eigenvalue weighted by Gasteiger charge is 2.08. The smallest absolute Gasteiger partial charge is 0.169 e. The van der Waals surface area contributed by atoms with Gasteiger partial charge in [-0.1, -0.05) is 34.1 Å². The summed E-state index contributed by atoms with van der Waals surface area (Å²) in [6.07, 6.45) is 0. The van der Waals surface area contributed by atoms with Crippen LogP contribution in [0.5, 0.6) is 17.2 Å². The van der Waals surface area contributed by atoms with Crippen LogP contribution in [0.1, 0.15) is 5.56 Å². The lowest BCUT2D eigenvalue weighted by molar-refractivity contribution is 0.377. The molecular weight excluding hydrogens is 294 g/mol. The Morgan fingerprint density at radius 3 is 2.44 bits per heavy atom. The molecule has 2 rings (SSSR count). The highest BCUT2D eigenvalue weighted by atomic mass is 79.9. The Balaban J connectivity index is 2.36. The molecule has 0 fully saturated rings. The van der Waals surface area contributed by atoms with Crippen molar-refractivity contribution >= 4 is 15.9 Å². The maximum atomic E-state index is 5.87. The third-order valence-electron chi connectivity index (χ3n) is 2.54. The van der Waals surface area contributed by atoms with Gasteiger partial charge in [0.05, 0.1) is 7.11 Å². The maximum absolute atomic E-state index is 5.87. The van der Waals surface area contributed by atoms with E-state index in [1.165, 1.54) is 0 Å². The predicted octanol–water partition coefficient (Wildman–Crippen LogP) is 3.71. The van der Waals surface area contributed by atoms with Crippen LogP contribution in [0.4, 0.5) is 0 Å². The molecule has 0 aromatic heterocycles. The second-order valence-corrected chi connectivity index (χ2v) is 4.62. The Morgan fingerprint density at radius 2 is 1.78 bits per heavy atom. The molecule has 2 aromatic carbocycles. The van der Waals surface area contributed by atoms with Gasteiger partial charge in [-0.3, -0.25) is 0 Å². The van der Waals surface area contributed by atoms with Gasteiger partial charge in [-0.05, 0) is 24.3 Å². The van der Waals surface area contributed by atoms with Crippen LogP contribution >= 0.6 is 15.9 Å². The second kappa shape index (κ2) is 5.89. The SMILES string of the molecule is COc1ccccc1Oc1cc(Br)ccc1CN. The molecule has 0 saturated carbocycles. The zero-order valence-electron chi connectivity index (χ0n) is 10.0. The first kappa shape index (κ1) is 12.9. The van der Waals surface area contributed by atoms with Crippen LogP contribution in [0.25, 0.3) is 0 Å². The molecule has 0 aliphatic carbocycles. The van der Waals surface area contributed by atoms with Crippen LogP contribution in [0, 0.1) is 0 Å². The molecule has 0 spiro atoms. The standard InChI is InChI=1S/C14H14BrNO2/c1-17-12-4-2-3-5-13(12)18-14-8-11(15)7-6-10(14)9-16/h2-8H,9,16H2,1H3. The lowest BCUT2D eigenvalue weighted by atomic mass is 10.2. The van der Waals surface area contributed by atoms with Gasteiger partial charge < -0.3 is 15.2 Å². The van der Waals surface area contributed by atoms with Crippen molar-refractivity contribution in [3.8, 4) is 17.2 Å². The van der Waals surface area contributed by atoms with Crippen molar-refractivity contribution in [3.05, 3.63) is 52.5 Å². The molecular formula is C14H14BrNO2. The molecule has 0 amide bonds. The maximum Gasteiger partial charge on any atom is 0.169 e. The van der Waals surface area contributed by atoms with E-state index in [9.17, 15) is 0 Å². The molecule has 18 heavy (non-hydrogen) atoms. The Kier molecular flexibility index (Phi) is 4.23. The van der Waals surface area contributed by atoms with E-state index in [-0.39, 0.29) is 0 Å². The van der Waals surface area contributed by atoms with Gasteiger partial charge in [0.1, 0.15) is 5.75 Å². The van der Waals surface area contributed by atoms with E-state index in [2.05, 4.69) is 15.9 Å². The number of ether oxygens (including phenoxy) is 2. The number of methoxy groups -OCH3 is 1. The first-order chi connectivity index (χ1) is 8.74. The average molecular weight is 308 g/mol. The quantitative estimate of drug-likeness (QED) is 0.936. The Morgan fingerprint density at radius 1 is 1.06 bits per heavy atom. The highest BCUT2D eigenvalue weighted by molar-refractivity contribution is 9.10. The molecule has 0 heterocycles. The summed E-state index contributed by atoms with van der Waals surface area (Å²) in [6.45, 7) is 0.428. The zero-order chi connectivity index (χ0) is 13.0. The minimum atomic E-state index is 0.428. The highest BCUT2D eigenvalue weighted by Crippen LogP contribution is 2.33. The molecule has 0 radical (unpaired) electrons. The van der Waals surface area contributed by atoms with Crippen molar-refractivity contribution in [1.29, 1.82) is 0 Å². The summed E-state index contributed by atoms with van der Waals surface area (Å²) in [6, 6.07) is 13.3. The first-order valence-electron chi connectivity index (χ1n) is 5.54. The molecule has 3 nitrogen and oxygen atoms in total. The Labute approximate surface area is 115 Å². The third-order valence-corrected chi connectivity index (χ3v) is 3.03. The van der Waals surface area contributed by atoms with Crippen LogP contribution in [0.2, 0.25) is 0 Å². The minimum Gasteiger partial charge on any atom is -0.493 e. The van der Waals surface area contributed by atoms with Crippen molar-refractivity contribution in [2.45, 2.75) is 6.54 Å². The van der Waals surface area contributed by atoms with Crippen molar-refractivity contribution in [2.75, 3.05) is 7.11 Å². The number of hydrogen-bond donors (Lipinski definition) is 1. The fourth-order valence-corrected chi connectivity index (χ4v) is 1.95. The van der Waals surface area contributed by atoms with Gasteiger partial charge in [0, 0.05) is 16.6 Å². The van der Waals surface area contributed by atoms with E-state index in [0.29, 0.717) is 18.0 Å². The fourth-order valence-electron chi connectivity index (χ4n) is 1.61. The van der Waals surface area contributed by atoms with Gasteiger partial charge >= 0.3 is 0 Å². The van der Waals surface area contributed by atoms with E-state index < -0.39 is 0 Å². The van der Waals surface area contributed by atoms with Gasteiger partial charge in [0.2, 0.25) is 0 Å². The zero-order valence-corrected chi connectivity index (χ0v) is 11.6. The third kappa shape index (κ3) is 2.83. The number of benzene rings is 2. The topological polar surface area (TPSA) is 44.5 Å². The molecule has 2 aromatic rings. The molecule has 94 valence electrons. The lowest BCUT2D eigenvalue weighted by Gasteiger charge is -2.13. The molecule has 0 saturated heterocycles. The molecule has 0 atom stereocenters. The van der Waals surface area contributed by atoms with Crippen LogP contribution < -0.4 is 15.2 Å². The van der Waals surface area contributed by atoms with E-state index in [0.717, 1.165) is 15.8 Å². The minimum absolute atomic E-state index is 0.428. The van der Waals surface area contributed by atoms with Gasteiger partial charge in [-0.25, -0.2) is 0 Å². The van der Waals surface area contributed by atoms with Gasteiger partial charge in [-0.2, -0.15) is 0 Å². The molecule has 0 aliphatic rings. The molecule has 0 aliphatic heterocycles. The van der Waals surface area contributed by atoms with Crippen molar-refractivity contribution in [2.24, 2.45) is 5.73 Å². The first-order valence-corrected chi connectivity index (χ1v) is 6.33. The average Bonchev–Trinajstić information content (AvgIpc) is 2.40. The van der Waals surface area contributed by atoms with Gasteiger partial charge in [0.25, 0.3) is 0 Å². The van der Waals surface area contributed by atoms with Gasteiger partial charge in [-0.15, -0.1) is 0 Å². The van der Waals surface area contributed by atoms with Crippen LogP contribution in [0.3, 0.4) is 0 Å². The number of para-hydroxylation sites is 2. The summed E-state index contributed by atoms with van der Waals surface area (Å²) in [4.78, 5) is 0. The molecule has 2 N–H and O–H groups in total. The summed E-state index contributed by atoms with van der Waals surface area (Å²) >= 11 is 3.42. The van der Waals surface area contributed by atoms with E-state index >= 15 is 0 Å².